The van der Waals surface area contributed by atoms with Crippen LogP contribution in [0.1, 0.15) is 59.2 Å². The van der Waals surface area contributed by atoms with Crippen LogP contribution in [0.5, 0.6) is 0 Å². The van der Waals surface area contributed by atoms with Crippen LogP contribution in [-0.2, 0) is 17.7 Å². The lowest BCUT2D eigenvalue weighted by molar-refractivity contribution is 0.0511. The molecule has 1 atom stereocenters. The van der Waals surface area contributed by atoms with Gasteiger partial charge in [-0.25, -0.2) is 4.79 Å². The second kappa shape index (κ2) is 9.83. The zero-order valence-corrected chi connectivity index (χ0v) is 21.9. The Labute approximate surface area is 213 Å². The van der Waals surface area contributed by atoms with Gasteiger partial charge in [-0.2, -0.15) is 0 Å². The number of rotatable bonds is 5. The topological polar surface area (TPSA) is 54.8 Å². The van der Waals surface area contributed by atoms with Gasteiger partial charge in [0.1, 0.15) is 0 Å². The van der Waals surface area contributed by atoms with Crippen LogP contribution in [0.3, 0.4) is 0 Å². The Morgan fingerprint density at radius 2 is 1.69 bits per heavy atom. The summed E-state index contributed by atoms with van der Waals surface area (Å²) in [4.78, 5) is 30.7. The molecule has 0 bridgehead atoms. The number of Topliss-reactive ketones (excluding diaryl/α,β-unsaturated/α-hetero) is 1. The fourth-order valence-electron chi connectivity index (χ4n) is 5.85. The smallest absolute Gasteiger partial charge is 0.337 e. The van der Waals surface area contributed by atoms with E-state index in [1.807, 2.05) is 24.3 Å². The molecule has 190 valence electrons. The summed E-state index contributed by atoms with van der Waals surface area (Å²) in [5.41, 5.74) is 5.00. The first-order valence-electron chi connectivity index (χ1n) is 13.0. The summed E-state index contributed by atoms with van der Waals surface area (Å²) in [5.74, 6) is 0.0181. The maximum Gasteiger partial charge on any atom is 0.337 e. The zero-order valence-electron chi connectivity index (χ0n) is 21.9. The van der Waals surface area contributed by atoms with E-state index in [0.717, 1.165) is 73.3 Å². The molecule has 1 fully saturated rings. The highest BCUT2D eigenvalue weighted by Crippen LogP contribution is 2.35. The van der Waals surface area contributed by atoms with Crippen LogP contribution in [0.2, 0.25) is 0 Å². The van der Waals surface area contributed by atoms with Crippen LogP contribution < -0.4 is 0 Å². The van der Waals surface area contributed by atoms with Crippen molar-refractivity contribution in [2.45, 2.75) is 45.7 Å². The Bertz CT molecular complexity index is 1260. The van der Waals surface area contributed by atoms with Crippen LogP contribution in [-0.4, -0.2) is 71.5 Å². The van der Waals surface area contributed by atoms with Crippen LogP contribution in [0.25, 0.3) is 10.9 Å². The third-order valence-electron chi connectivity index (χ3n) is 7.94. The molecular formula is C30H37N3O3. The quantitative estimate of drug-likeness (QED) is 0.491. The number of para-hydroxylation sites is 1. The predicted molar refractivity (Wildman–Crippen MR) is 143 cm³/mol. The minimum atomic E-state index is -0.332. The molecule has 6 nitrogen and oxygen atoms in total. The molecule has 1 saturated heterocycles. The standard InChI is InChI=1S/C30H37N3O3/c1-30(2,3)32-17-15-31(16-18-32)20-23-13-14-26-27(28(23)34)24-7-5-6-8-25(24)33(26)19-21-9-11-22(12-10-21)29(35)36-4/h5-12,23H,13-20H2,1-4H3. The number of ether oxygens (including phenoxy) is 1. The minimum absolute atomic E-state index is 0.0530. The first kappa shape index (κ1) is 24.7. The second-order valence-corrected chi connectivity index (χ2v) is 11.2. The molecule has 0 radical (unpaired) electrons. The molecule has 1 aromatic heterocycles. The Balaban J connectivity index is 1.37. The summed E-state index contributed by atoms with van der Waals surface area (Å²) in [5, 5.41) is 1.06. The van der Waals surface area contributed by atoms with E-state index in [1.54, 1.807) is 12.1 Å². The lowest BCUT2D eigenvalue weighted by atomic mass is 9.84. The van der Waals surface area contributed by atoms with Crippen molar-refractivity contribution >= 4 is 22.7 Å². The minimum Gasteiger partial charge on any atom is -0.465 e. The number of esters is 1. The molecule has 1 aliphatic carbocycles. The van der Waals surface area contributed by atoms with Gasteiger partial charge in [0.25, 0.3) is 0 Å². The number of carbonyl (C=O) groups is 2. The highest BCUT2D eigenvalue weighted by molar-refractivity contribution is 6.11. The van der Waals surface area contributed by atoms with E-state index in [2.05, 4.69) is 47.3 Å². The van der Waals surface area contributed by atoms with Crippen molar-refractivity contribution in [1.29, 1.82) is 0 Å². The molecule has 3 aromatic rings. The molecule has 0 amide bonds. The normalized spacial score (nSPS) is 19.4. The fraction of sp³-hybridized carbons (Fsp3) is 0.467. The number of aromatic nitrogens is 1. The van der Waals surface area contributed by atoms with Gasteiger partial charge < -0.3 is 14.2 Å². The number of hydrogen-bond acceptors (Lipinski definition) is 5. The van der Waals surface area contributed by atoms with E-state index in [-0.39, 0.29) is 17.4 Å². The lowest BCUT2D eigenvalue weighted by Crippen LogP contribution is -2.54. The number of piperazine rings is 1. The Hall–Kier alpha value is -2.96. The summed E-state index contributed by atoms with van der Waals surface area (Å²) in [6.07, 6.45) is 1.80. The summed E-state index contributed by atoms with van der Waals surface area (Å²) in [7, 11) is 1.39. The largest absolute Gasteiger partial charge is 0.465 e. The number of benzene rings is 2. The second-order valence-electron chi connectivity index (χ2n) is 11.2. The van der Waals surface area contributed by atoms with Gasteiger partial charge in [0, 0.05) is 72.9 Å². The monoisotopic (exact) mass is 487 g/mol. The fourth-order valence-corrected chi connectivity index (χ4v) is 5.85. The molecule has 36 heavy (non-hydrogen) atoms. The summed E-state index contributed by atoms with van der Waals surface area (Å²) < 4.78 is 7.12. The van der Waals surface area contributed by atoms with Gasteiger partial charge in [-0.3, -0.25) is 9.69 Å². The van der Waals surface area contributed by atoms with Crippen molar-refractivity contribution in [2.75, 3.05) is 39.8 Å². The van der Waals surface area contributed by atoms with E-state index in [0.29, 0.717) is 17.9 Å². The van der Waals surface area contributed by atoms with Gasteiger partial charge in [-0.15, -0.1) is 0 Å². The molecule has 2 aliphatic rings. The van der Waals surface area contributed by atoms with E-state index >= 15 is 0 Å². The van der Waals surface area contributed by atoms with Gasteiger partial charge in [0.05, 0.1) is 12.7 Å². The van der Waals surface area contributed by atoms with Crippen molar-refractivity contribution in [3.8, 4) is 0 Å². The van der Waals surface area contributed by atoms with Crippen LogP contribution >= 0.6 is 0 Å². The zero-order chi connectivity index (χ0) is 25.4. The molecule has 1 unspecified atom stereocenters. The Morgan fingerprint density at radius 3 is 2.36 bits per heavy atom. The van der Waals surface area contributed by atoms with E-state index < -0.39 is 0 Å². The van der Waals surface area contributed by atoms with E-state index in [1.165, 1.54) is 7.11 Å². The molecule has 0 spiro atoms. The van der Waals surface area contributed by atoms with Gasteiger partial charge in [-0.05, 0) is 57.4 Å². The van der Waals surface area contributed by atoms with Gasteiger partial charge in [0.2, 0.25) is 0 Å². The first-order valence-corrected chi connectivity index (χ1v) is 13.0. The molecular weight excluding hydrogens is 450 g/mol. The van der Waals surface area contributed by atoms with Crippen molar-refractivity contribution in [1.82, 2.24) is 14.4 Å². The number of methoxy groups -OCH3 is 1. The number of nitrogens with zero attached hydrogens (tertiary/aromatic N) is 3. The van der Waals surface area contributed by atoms with Crippen LogP contribution in [0.15, 0.2) is 48.5 Å². The third-order valence-corrected chi connectivity index (χ3v) is 7.94. The number of fused-ring (bicyclic) bond motifs is 3. The van der Waals surface area contributed by atoms with Crippen molar-refractivity contribution < 1.29 is 14.3 Å². The molecule has 1 aliphatic heterocycles. The number of carbonyl (C=O) groups excluding carboxylic acids is 2. The lowest BCUT2D eigenvalue weighted by Gasteiger charge is -2.43. The molecule has 0 N–H and O–H groups in total. The molecule has 2 aromatic carbocycles. The Morgan fingerprint density at radius 1 is 1.00 bits per heavy atom. The maximum atomic E-state index is 13.8. The van der Waals surface area contributed by atoms with E-state index in [9.17, 15) is 9.59 Å². The molecule has 6 heteroatoms. The highest BCUT2D eigenvalue weighted by atomic mass is 16.5. The number of ketones is 1. The van der Waals surface area contributed by atoms with Crippen molar-refractivity contribution in [2.24, 2.45) is 5.92 Å². The average Bonchev–Trinajstić information content (AvgIpc) is 3.19. The SMILES string of the molecule is COC(=O)c1ccc(Cn2c3c(c4ccccc42)C(=O)C(CN2CCN(C(C)(C)C)CC2)CC3)cc1. The molecule has 0 saturated carbocycles. The predicted octanol–water partition coefficient (Wildman–Crippen LogP) is 4.64. The molecule has 2 heterocycles. The van der Waals surface area contributed by atoms with Gasteiger partial charge >= 0.3 is 5.97 Å². The average molecular weight is 488 g/mol. The Kier molecular flexibility index (Phi) is 6.75. The number of hydrogen-bond donors (Lipinski definition) is 0. The third kappa shape index (κ3) is 4.72. The van der Waals surface area contributed by atoms with Crippen LogP contribution in [0.4, 0.5) is 0 Å². The summed E-state index contributed by atoms with van der Waals surface area (Å²) >= 11 is 0. The first-order chi connectivity index (χ1) is 17.3. The van der Waals surface area contributed by atoms with Gasteiger partial charge in [-0.1, -0.05) is 30.3 Å². The molecule has 5 rings (SSSR count). The highest BCUT2D eigenvalue weighted by Gasteiger charge is 2.35. The van der Waals surface area contributed by atoms with E-state index in [4.69, 9.17) is 4.74 Å². The van der Waals surface area contributed by atoms with Crippen molar-refractivity contribution in [3.05, 3.63) is 70.9 Å². The van der Waals surface area contributed by atoms with Gasteiger partial charge in [0.15, 0.2) is 5.78 Å². The van der Waals surface area contributed by atoms with Crippen LogP contribution in [0, 0.1) is 5.92 Å². The van der Waals surface area contributed by atoms with Crippen molar-refractivity contribution in [3.63, 3.8) is 0 Å². The summed E-state index contributed by atoms with van der Waals surface area (Å²) in [6, 6.07) is 15.8. The maximum absolute atomic E-state index is 13.8. The summed E-state index contributed by atoms with van der Waals surface area (Å²) in [6.45, 7) is 12.5.